The van der Waals surface area contributed by atoms with Crippen molar-refractivity contribution in [2.24, 2.45) is 0 Å². The molecule has 2 saturated heterocycles. The fourth-order valence-electron chi connectivity index (χ4n) is 3.92. The molecule has 0 aliphatic carbocycles. The summed E-state index contributed by atoms with van der Waals surface area (Å²) in [5, 5.41) is 1.83. The second kappa shape index (κ2) is 12.9. The molecule has 0 aromatic heterocycles. The molecule has 2 aliphatic rings. The summed E-state index contributed by atoms with van der Waals surface area (Å²) in [4.78, 5) is 51.6. The van der Waals surface area contributed by atoms with Crippen LogP contribution in [0.1, 0.15) is 19.4 Å². The Hall–Kier alpha value is -3.59. The predicted molar refractivity (Wildman–Crippen MR) is 151 cm³/mol. The van der Waals surface area contributed by atoms with Gasteiger partial charge in [-0.3, -0.25) is 24.1 Å². The van der Waals surface area contributed by atoms with Crippen molar-refractivity contribution in [2.45, 2.75) is 18.7 Å². The van der Waals surface area contributed by atoms with E-state index in [1.807, 2.05) is 0 Å². The van der Waals surface area contributed by atoms with Gasteiger partial charge in [0.2, 0.25) is 17.6 Å². The summed E-state index contributed by atoms with van der Waals surface area (Å²) < 4.78 is 42.0. The van der Waals surface area contributed by atoms with Crippen molar-refractivity contribution in [2.75, 3.05) is 44.8 Å². The van der Waals surface area contributed by atoms with Crippen LogP contribution in [0, 0.1) is 0 Å². The van der Waals surface area contributed by atoms with Crippen molar-refractivity contribution in [3.8, 4) is 11.5 Å². The number of hydrogen-bond acceptors (Lipinski definition) is 10. The van der Waals surface area contributed by atoms with Crippen LogP contribution in [0.15, 0.2) is 46.2 Å². The van der Waals surface area contributed by atoms with Gasteiger partial charge in [-0.15, -0.1) is 0 Å². The Kier molecular flexibility index (Phi) is 9.58. The molecule has 2 aliphatic heterocycles. The number of ether oxygens (including phenoxy) is 2. The van der Waals surface area contributed by atoms with Crippen LogP contribution in [0.25, 0.3) is 6.08 Å². The number of nitrogens with zero attached hydrogens (tertiary/aromatic N) is 2. The quantitative estimate of drug-likeness (QED) is 0.325. The third-order valence-electron chi connectivity index (χ3n) is 5.82. The number of halogens is 1. The number of thioether (sulfide) groups is 1. The highest BCUT2D eigenvalue weighted by Gasteiger charge is 2.37. The van der Waals surface area contributed by atoms with E-state index in [-0.39, 0.29) is 51.3 Å². The monoisotopic (exact) mass is 623 g/mol. The van der Waals surface area contributed by atoms with E-state index in [0.717, 1.165) is 4.90 Å². The molecule has 15 heteroatoms. The van der Waals surface area contributed by atoms with E-state index in [4.69, 9.17) is 25.3 Å². The number of nitrogens with one attached hydrogen (secondary N) is 1. The fraction of sp³-hybridized carbons (Fsp3) is 0.308. The second-order valence-corrected chi connectivity index (χ2v) is 11.7. The molecule has 0 radical (unpaired) electrons. The Morgan fingerprint density at radius 1 is 1.15 bits per heavy atom. The summed E-state index contributed by atoms with van der Waals surface area (Å²) in [7, 11) is -4.35. The number of amides is 4. The number of benzene rings is 2. The van der Waals surface area contributed by atoms with Gasteiger partial charge in [-0.2, -0.15) is 8.42 Å². The maximum atomic E-state index is 13.0. The van der Waals surface area contributed by atoms with Crippen LogP contribution >= 0.6 is 23.4 Å². The molecule has 2 heterocycles. The van der Waals surface area contributed by atoms with Crippen LogP contribution < -0.4 is 14.2 Å². The van der Waals surface area contributed by atoms with Gasteiger partial charge < -0.3 is 23.9 Å². The van der Waals surface area contributed by atoms with E-state index in [0.29, 0.717) is 49.3 Å². The molecule has 4 rings (SSSR count). The molecule has 2 aromatic rings. The van der Waals surface area contributed by atoms with Gasteiger partial charge in [0.1, 0.15) is 11.4 Å². The first-order valence-electron chi connectivity index (χ1n) is 12.4. The standard InChI is InChI=1S/C26H26ClN3O9S2/c1-3-38-21-13-17(14-22-25(33)30(26(34)40-22)15-23(32)29-8-10-37-11-9-29)12-20(27)24(21)39-41(35,36)19-6-4-18(5-7-19)28-16(2)31/h4-7,12-14H,3,8-11,15H2,1-2H3,(H,28,31)/b22-14-. The van der Waals surface area contributed by atoms with Crippen molar-refractivity contribution in [3.05, 3.63) is 51.9 Å². The highest BCUT2D eigenvalue weighted by atomic mass is 35.5. The Bertz CT molecular complexity index is 1500. The molecule has 0 atom stereocenters. The first kappa shape index (κ1) is 30.4. The van der Waals surface area contributed by atoms with Gasteiger partial charge >= 0.3 is 10.1 Å². The summed E-state index contributed by atoms with van der Waals surface area (Å²) in [6.45, 7) is 4.31. The zero-order chi connectivity index (χ0) is 29.7. The average molecular weight is 624 g/mol. The minimum absolute atomic E-state index is 0.00795. The lowest BCUT2D eigenvalue weighted by molar-refractivity contribution is -0.139. The SMILES string of the molecule is CCOc1cc(/C=C2\SC(=O)N(CC(=O)N3CCOCC3)C2=O)cc(Cl)c1OS(=O)(=O)c1ccc(NC(C)=O)cc1. The Morgan fingerprint density at radius 3 is 2.46 bits per heavy atom. The summed E-state index contributed by atoms with van der Waals surface area (Å²) in [6.07, 6.45) is 1.40. The number of morpholine rings is 1. The fourth-order valence-corrected chi connectivity index (χ4v) is 6.02. The molecule has 12 nitrogen and oxygen atoms in total. The van der Waals surface area contributed by atoms with Gasteiger partial charge in [0.15, 0.2) is 5.75 Å². The topological polar surface area (TPSA) is 149 Å². The lowest BCUT2D eigenvalue weighted by Crippen LogP contribution is -2.46. The molecule has 1 N–H and O–H groups in total. The van der Waals surface area contributed by atoms with Crippen molar-refractivity contribution < 1.29 is 41.3 Å². The van der Waals surface area contributed by atoms with Crippen LogP contribution in [0.5, 0.6) is 11.5 Å². The van der Waals surface area contributed by atoms with Crippen LogP contribution in [0.3, 0.4) is 0 Å². The molecule has 0 bridgehead atoms. The maximum absolute atomic E-state index is 13.0. The third kappa shape index (κ3) is 7.38. The van der Waals surface area contributed by atoms with Crippen LogP contribution in [0.4, 0.5) is 10.5 Å². The van der Waals surface area contributed by atoms with Crippen LogP contribution in [0.2, 0.25) is 5.02 Å². The minimum atomic E-state index is -4.35. The summed E-state index contributed by atoms with van der Waals surface area (Å²) in [5.74, 6) is -1.57. The number of carbonyl (C=O) groups excluding carboxylic acids is 4. The van der Waals surface area contributed by atoms with Crippen molar-refractivity contribution in [1.29, 1.82) is 0 Å². The average Bonchev–Trinajstić information content (AvgIpc) is 3.18. The first-order valence-corrected chi connectivity index (χ1v) is 15.0. The summed E-state index contributed by atoms with van der Waals surface area (Å²) >= 11 is 7.08. The Morgan fingerprint density at radius 2 is 1.83 bits per heavy atom. The van der Waals surface area contributed by atoms with E-state index in [1.54, 1.807) is 6.92 Å². The smallest absolute Gasteiger partial charge is 0.339 e. The molecule has 0 unspecified atom stereocenters. The lowest BCUT2D eigenvalue weighted by Gasteiger charge is -2.28. The molecular weight excluding hydrogens is 598 g/mol. The zero-order valence-electron chi connectivity index (χ0n) is 22.0. The van der Waals surface area contributed by atoms with Gasteiger partial charge in [0.05, 0.1) is 29.7 Å². The highest BCUT2D eigenvalue weighted by Crippen LogP contribution is 2.40. The van der Waals surface area contributed by atoms with E-state index < -0.39 is 21.3 Å². The Balaban J connectivity index is 1.55. The molecule has 2 aromatic carbocycles. The molecule has 41 heavy (non-hydrogen) atoms. The molecule has 0 saturated carbocycles. The number of anilines is 1. The van der Waals surface area contributed by atoms with Gasteiger partial charge in [0, 0.05) is 25.7 Å². The molecule has 218 valence electrons. The van der Waals surface area contributed by atoms with Crippen LogP contribution in [-0.4, -0.2) is 80.6 Å². The molecule has 0 spiro atoms. The van der Waals surface area contributed by atoms with E-state index in [9.17, 15) is 27.6 Å². The van der Waals surface area contributed by atoms with E-state index >= 15 is 0 Å². The maximum Gasteiger partial charge on any atom is 0.339 e. The molecular formula is C26H26ClN3O9S2. The van der Waals surface area contributed by atoms with Gasteiger partial charge in [0.25, 0.3) is 11.1 Å². The van der Waals surface area contributed by atoms with Gasteiger partial charge in [-0.25, -0.2) is 0 Å². The van der Waals surface area contributed by atoms with Gasteiger partial charge in [-0.1, -0.05) is 11.6 Å². The Labute approximate surface area is 245 Å². The molecule has 2 fully saturated rings. The van der Waals surface area contributed by atoms with Gasteiger partial charge in [-0.05, 0) is 66.7 Å². The van der Waals surface area contributed by atoms with Crippen molar-refractivity contribution in [3.63, 3.8) is 0 Å². The van der Waals surface area contributed by atoms with E-state index in [1.165, 1.54) is 54.3 Å². The minimum Gasteiger partial charge on any atom is -0.490 e. The predicted octanol–water partition coefficient (Wildman–Crippen LogP) is 3.36. The lowest BCUT2D eigenvalue weighted by atomic mass is 10.2. The number of rotatable bonds is 9. The summed E-state index contributed by atoms with van der Waals surface area (Å²) in [6, 6.07) is 8.14. The normalized spacial score (nSPS) is 16.7. The number of hydrogen-bond donors (Lipinski definition) is 1. The first-order chi connectivity index (χ1) is 19.5. The van der Waals surface area contributed by atoms with Crippen molar-refractivity contribution in [1.82, 2.24) is 9.80 Å². The zero-order valence-corrected chi connectivity index (χ0v) is 24.4. The van der Waals surface area contributed by atoms with Crippen LogP contribution in [-0.2, 0) is 29.2 Å². The molecule has 4 amide bonds. The number of imide groups is 1. The summed E-state index contributed by atoms with van der Waals surface area (Å²) in [5.41, 5.74) is 0.747. The second-order valence-electron chi connectivity index (χ2n) is 8.77. The third-order valence-corrected chi connectivity index (χ3v) is 8.24. The highest BCUT2D eigenvalue weighted by molar-refractivity contribution is 8.18. The van der Waals surface area contributed by atoms with Crippen molar-refractivity contribution >= 4 is 68.2 Å². The van der Waals surface area contributed by atoms with E-state index in [2.05, 4.69) is 5.32 Å². The largest absolute Gasteiger partial charge is 0.490 e. The number of carbonyl (C=O) groups is 4.